The maximum absolute atomic E-state index is 12.7. The first kappa shape index (κ1) is 16.0. The summed E-state index contributed by atoms with van der Waals surface area (Å²) < 4.78 is 5.52. The summed E-state index contributed by atoms with van der Waals surface area (Å²) in [6.07, 6.45) is 8.28. The molecule has 4 aliphatic carbocycles. The first-order valence-electron chi connectivity index (χ1n) is 9.61. The summed E-state index contributed by atoms with van der Waals surface area (Å²) in [5, 5.41) is 3.33. The Morgan fingerprint density at radius 2 is 1.83 bits per heavy atom. The average molecular weight is 327 g/mol. The Kier molecular flexibility index (Phi) is 4.06. The zero-order chi connectivity index (χ0) is 16.7. The highest BCUT2D eigenvalue weighted by molar-refractivity contribution is 5.94. The number of carbonyl (C=O) groups is 1. The van der Waals surface area contributed by atoms with Crippen LogP contribution in [0.3, 0.4) is 0 Å². The van der Waals surface area contributed by atoms with E-state index < -0.39 is 0 Å². The van der Waals surface area contributed by atoms with Gasteiger partial charge < -0.3 is 10.1 Å². The van der Waals surface area contributed by atoms with Crippen LogP contribution in [0.2, 0.25) is 0 Å². The molecule has 4 bridgehead atoms. The van der Waals surface area contributed by atoms with Crippen LogP contribution < -0.4 is 10.1 Å². The van der Waals surface area contributed by atoms with Crippen LogP contribution in [-0.4, -0.2) is 18.6 Å². The Balaban J connectivity index is 1.47. The number of hydrogen-bond acceptors (Lipinski definition) is 2. The van der Waals surface area contributed by atoms with Gasteiger partial charge in [0.1, 0.15) is 5.75 Å². The molecule has 1 aromatic rings. The van der Waals surface area contributed by atoms with E-state index in [0.717, 1.165) is 23.5 Å². The molecule has 24 heavy (non-hydrogen) atoms. The summed E-state index contributed by atoms with van der Waals surface area (Å²) in [6, 6.07) is 7.79. The topological polar surface area (TPSA) is 38.3 Å². The van der Waals surface area contributed by atoms with Crippen molar-refractivity contribution in [2.75, 3.05) is 6.61 Å². The van der Waals surface area contributed by atoms with E-state index in [1.807, 2.05) is 31.2 Å². The highest BCUT2D eigenvalue weighted by Crippen LogP contribution is 2.61. The largest absolute Gasteiger partial charge is 0.494 e. The van der Waals surface area contributed by atoms with E-state index in [1.165, 1.54) is 38.5 Å². The first-order chi connectivity index (χ1) is 11.6. The Morgan fingerprint density at radius 3 is 2.42 bits per heavy atom. The van der Waals surface area contributed by atoms with E-state index in [9.17, 15) is 4.79 Å². The average Bonchev–Trinajstić information content (AvgIpc) is 2.54. The molecule has 0 aliphatic heterocycles. The molecule has 1 N–H and O–H groups in total. The fourth-order valence-corrected chi connectivity index (χ4v) is 6.03. The summed E-state index contributed by atoms with van der Waals surface area (Å²) in [7, 11) is 0. The quantitative estimate of drug-likeness (QED) is 0.869. The number of nitrogens with one attached hydrogen (secondary N) is 1. The van der Waals surface area contributed by atoms with E-state index in [0.29, 0.717) is 17.6 Å². The van der Waals surface area contributed by atoms with Gasteiger partial charge in [-0.3, -0.25) is 4.79 Å². The number of rotatable bonds is 5. The van der Waals surface area contributed by atoms with Gasteiger partial charge in [0.25, 0.3) is 5.91 Å². The molecule has 0 heterocycles. The van der Waals surface area contributed by atoms with Crippen molar-refractivity contribution in [2.45, 2.75) is 58.4 Å². The van der Waals surface area contributed by atoms with Crippen molar-refractivity contribution >= 4 is 5.91 Å². The number of ether oxygens (including phenoxy) is 1. The molecule has 4 aliphatic rings. The van der Waals surface area contributed by atoms with Crippen LogP contribution in [0.5, 0.6) is 5.75 Å². The summed E-state index contributed by atoms with van der Waals surface area (Å²) in [4.78, 5) is 12.7. The molecule has 0 spiro atoms. The smallest absolute Gasteiger partial charge is 0.251 e. The standard InChI is InChI=1S/C21H29NO2/c1-3-24-19-6-4-5-18(10-19)20(23)22-14(2)21-11-15-7-16(12-21)9-17(8-15)13-21/h4-6,10,14-17H,3,7-9,11-13H2,1-2H3,(H,22,23). The van der Waals surface area contributed by atoms with E-state index in [-0.39, 0.29) is 11.9 Å². The van der Waals surface area contributed by atoms with Crippen LogP contribution in [0.4, 0.5) is 0 Å². The van der Waals surface area contributed by atoms with Crippen molar-refractivity contribution in [3.8, 4) is 5.75 Å². The third-order valence-corrected chi connectivity index (χ3v) is 6.76. The molecule has 3 nitrogen and oxygen atoms in total. The molecule has 4 saturated carbocycles. The molecule has 1 atom stereocenters. The second-order valence-electron chi connectivity index (χ2n) is 8.44. The lowest BCUT2D eigenvalue weighted by Gasteiger charge is -2.59. The van der Waals surface area contributed by atoms with E-state index in [4.69, 9.17) is 4.74 Å². The fraction of sp³-hybridized carbons (Fsp3) is 0.667. The van der Waals surface area contributed by atoms with Crippen molar-refractivity contribution in [3.05, 3.63) is 29.8 Å². The van der Waals surface area contributed by atoms with Crippen molar-refractivity contribution in [1.82, 2.24) is 5.32 Å². The van der Waals surface area contributed by atoms with Gasteiger partial charge in [-0.05, 0) is 93.7 Å². The monoisotopic (exact) mass is 327 g/mol. The van der Waals surface area contributed by atoms with E-state index in [1.54, 1.807) is 0 Å². The van der Waals surface area contributed by atoms with Crippen LogP contribution in [0.25, 0.3) is 0 Å². The third kappa shape index (κ3) is 2.82. The molecular formula is C21H29NO2. The van der Waals surface area contributed by atoms with Crippen molar-refractivity contribution < 1.29 is 9.53 Å². The third-order valence-electron chi connectivity index (χ3n) is 6.76. The maximum atomic E-state index is 12.7. The number of carbonyl (C=O) groups excluding carboxylic acids is 1. The lowest BCUT2D eigenvalue weighted by Crippen LogP contribution is -2.55. The normalized spacial score (nSPS) is 34.8. The van der Waals surface area contributed by atoms with Crippen LogP contribution in [0.1, 0.15) is 62.7 Å². The molecule has 130 valence electrons. The fourth-order valence-electron chi connectivity index (χ4n) is 6.03. The van der Waals surface area contributed by atoms with Gasteiger partial charge in [0.15, 0.2) is 0 Å². The molecule has 1 aromatic carbocycles. The van der Waals surface area contributed by atoms with Crippen molar-refractivity contribution in [2.24, 2.45) is 23.2 Å². The van der Waals surface area contributed by atoms with Gasteiger partial charge in [-0.25, -0.2) is 0 Å². The number of amides is 1. The molecule has 3 heteroatoms. The first-order valence-corrected chi connectivity index (χ1v) is 9.61. The molecular weight excluding hydrogens is 298 g/mol. The molecule has 0 radical (unpaired) electrons. The molecule has 4 fully saturated rings. The maximum Gasteiger partial charge on any atom is 0.251 e. The number of benzene rings is 1. The van der Waals surface area contributed by atoms with Crippen molar-refractivity contribution in [1.29, 1.82) is 0 Å². The van der Waals surface area contributed by atoms with Crippen LogP contribution >= 0.6 is 0 Å². The molecule has 0 saturated heterocycles. The number of hydrogen-bond donors (Lipinski definition) is 1. The summed E-state index contributed by atoms with van der Waals surface area (Å²) in [6.45, 7) is 4.81. The van der Waals surface area contributed by atoms with Crippen LogP contribution in [-0.2, 0) is 0 Å². The van der Waals surface area contributed by atoms with Crippen LogP contribution in [0, 0.1) is 23.2 Å². The van der Waals surface area contributed by atoms with E-state index in [2.05, 4.69) is 12.2 Å². The Bertz CT molecular complexity index is 589. The highest BCUT2D eigenvalue weighted by atomic mass is 16.5. The summed E-state index contributed by atoms with van der Waals surface area (Å²) in [5.41, 5.74) is 1.06. The predicted molar refractivity (Wildman–Crippen MR) is 95.1 cm³/mol. The second-order valence-corrected chi connectivity index (χ2v) is 8.44. The van der Waals surface area contributed by atoms with Crippen LogP contribution in [0.15, 0.2) is 24.3 Å². The Labute approximate surface area is 145 Å². The van der Waals surface area contributed by atoms with Gasteiger partial charge in [0, 0.05) is 11.6 Å². The van der Waals surface area contributed by atoms with Gasteiger partial charge in [-0.2, -0.15) is 0 Å². The minimum atomic E-state index is 0.0415. The van der Waals surface area contributed by atoms with Gasteiger partial charge >= 0.3 is 0 Å². The van der Waals surface area contributed by atoms with Gasteiger partial charge in [-0.15, -0.1) is 0 Å². The second kappa shape index (κ2) is 6.09. The van der Waals surface area contributed by atoms with Gasteiger partial charge in [0.2, 0.25) is 0 Å². The SMILES string of the molecule is CCOc1cccc(C(=O)NC(C)C23CC4CC(CC(C4)C2)C3)c1. The summed E-state index contributed by atoms with van der Waals surface area (Å²) in [5.74, 6) is 3.55. The minimum absolute atomic E-state index is 0.0415. The van der Waals surface area contributed by atoms with Crippen molar-refractivity contribution in [3.63, 3.8) is 0 Å². The Hall–Kier alpha value is -1.51. The lowest BCUT2D eigenvalue weighted by molar-refractivity contribution is -0.0688. The highest BCUT2D eigenvalue weighted by Gasteiger charge is 2.53. The molecule has 1 unspecified atom stereocenters. The van der Waals surface area contributed by atoms with Gasteiger partial charge in [-0.1, -0.05) is 6.07 Å². The predicted octanol–water partition coefficient (Wildman–Crippen LogP) is 4.42. The summed E-state index contributed by atoms with van der Waals surface area (Å²) >= 11 is 0. The zero-order valence-electron chi connectivity index (χ0n) is 14.9. The lowest BCUT2D eigenvalue weighted by atomic mass is 9.48. The zero-order valence-corrected chi connectivity index (χ0v) is 14.9. The van der Waals surface area contributed by atoms with E-state index >= 15 is 0 Å². The Morgan fingerprint density at radius 1 is 1.21 bits per heavy atom. The molecule has 1 amide bonds. The minimum Gasteiger partial charge on any atom is -0.494 e. The van der Waals surface area contributed by atoms with Gasteiger partial charge in [0.05, 0.1) is 6.61 Å². The molecule has 0 aromatic heterocycles. The molecule has 5 rings (SSSR count).